The van der Waals surface area contributed by atoms with Crippen molar-refractivity contribution >= 4 is 23.2 Å². The number of rotatable bonds is 9. The van der Waals surface area contributed by atoms with Crippen molar-refractivity contribution in [3.63, 3.8) is 0 Å². The van der Waals surface area contributed by atoms with Crippen LogP contribution >= 0.6 is 11.6 Å². The second-order valence-corrected chi connectivity index (χ2v) is 9.87. The Morgan fingerprint density at radius 3 is 2.35 bits per heavy atom. The number of ether oxygens (including phenoxy) is 2. The van der Waals surface area contributed by atoms with Gasteiger partial charge in [-0.05, 0) is 62.5 Å². The van der Waals surface area contributed by atoms with E-state index >= 15 is 0 Å². The Balaban J connectivity index is 0.00000380. The van der Waals surface area contributed by atoms with Crippen molar-refractivity contribution < 1.29 is 19.2 Å². The van der Waals surface area contributed by atoms with Crippen LogP contribution in [-0.4, -0.2) is 66.1 Å². The molecule has 0 aromatic heterocycles. The number of benzene rings is 2. The summed E-state index contributed by atoms with van der Waals surface area (Å²) in [5, 5.41) is 11.9. The van der Waals surface area contributed by atoms with Gasteiger partial charge in [-0.25, -0.2) is 0 Å². The lowest BCUT2D eigenvalue weighted by Crippen LogP contribution is -2.43. The lowest BCUT2D eigenvalue weighted by molar-refractivity contribution is -0.385. The van der Waals surface area contributed by atoms with Gasteiger partial charge in [-0.3, -0.25) is 14.9 Å². The highest BCUT2D eigenvalue weighted by molar-refractivity contribution is 6.30. The van der Waals surface area contributed by atoms with E-state index in [9.17, 15) is 14.9 Å². The maximum Gasteiger partial charge on any atom is 0.311 e. The summed E-state index contributed by atoms with van der Waals surface area (Å²) in [6, 6.07) is 12.8. The van der Waals surface area contributed by atoms with Crippen LogP contribution in [0, 0.1) is 10.1 Å². The van der Waals surface area contributed by atoms with Gasteiger partial charge in [0, 0.05) is 56.1 Å². The van der Waals surface area contributed by atoms with E-state index in [-0.39, 0.29) is 30.9 Å². The molecule has 2 aromatic rings. The Morgan fingerprint density at radius 1 is 1.05 bits per heavy atom. The molecule has 1 amide bonds. The summed E-state index contributed by atoms with van der Waals surface area (Å²) in [4.78, 5) is 27.9. The second-order valence-electron chi connectivity index (χ2n) is 9.44. The summed E-state index contributed by atoms with van der Waals surface area (Å²) in [7, 11) is 0. The molecule has 0 radical (unpaired) electrons. The first kappa shape index (κ1) is 28.7. The molecule has 0 N–H and O–H groups in total. The van der Waals surface area contributed by atoms with Crippen LogP contribution in [0.1, 0.15) is 57.9 Å². The minimum absolute atomic E-state index is 0. The van der Waals surface area contributed by atoms with Crippen LogP contribution in [0.4, 0.5) is 5.69 Å². The summed E-state index contributed by atoms with van der Waals surface area (Å²) in [6.07, 6.45) is 4.19. The number of likely N-dealkylation sites (tertiary alicyclic amines) is 2. The predicted octanol–water partition coefficient (Wildman–Crippen LogP) is 5.92. The second kappa shape index (κ2) is 13.6. The minimum atomic E-state index is -0.458. The number of nitrogens with zero attached hydrogens (tertiary/aromatic N) is 3. The standard InChI is InChI=1S/C27H34ClN3O5.CH4/c1-2-35-26-19-24(7-8-25(26)31(33)34)36-23-11-17-30(18-12-23)27(32)13-16-29-14-9-21(10-15-29)20-3-5-22(28)6-4-20;/h3-8,19,21,23H,2,9-18H2,1H3;1H4. The van der Waals surface area contributed by atoms with Gasteiger partial charge < -0.3 is 19.3 Å². The normalized spacial score (nSPS) is 17.2. The number of halogens is 1. The van der Waals surface area contributed by atoms with Gasteiger partial charge in [0.05, 0.1) is 11.5 Å². The number of hydrogen-bond donors (Lipinski definition) is 0. The van der Waals surface area contributed by atoms with Crippen molar-refractivity contribution in [1.29, 1.82) is 0 Å². The summed E-state index contributed by atoms with van der Waals surface area (Å²) >= 11 is 6.01. The van der Waals surface area contributed by atoms with E-state index in [4.69, 9.17) is 21.1 Å². The third-order valence-electron chi connectivity index (χ3n) is 7.10. The molecular formula is C28H38ClN3O5. The maximum absolute atomic E-state index is 12.8. The van der Waals surface area contributed by atoms with E-state index in [1.165, 1.54) is 11.6 Å². The maximum atomic E-state index is 12.8. The van der Waals surface area contributed by atoms with Crippen molar-refractivity contribution in [3.05, 3.63) is 63.2 Å². The first-order valence-electron chi connectivity index (χ1n) is 12.8. The fraction of sp³-hybridized carbons (Fsp3) is 0.536. The lowest BCUT2D eigenvalue weighted by Gasteiger charge is -2.34. The number of hydrogen-bond acceptors (Lipinski definition) is 6. The zero-order valence-electron chi connectivity index (χ0n) is 20.7. The van der Waals surface area contributed by atoms with Crippen LogP contribution in [0.25, 0.3) is 0 Å². The molecule has 37 heavy (non-hydrogen) atoms. The van der Waals surface area contributed by atoms with Crippen molar-refractivity contribution in [2.75, 3.05) is 39.3 Å². The van der Waals surface area contributed by atoms with Crippen LogP contribution in [-0.2, 0) is 4.79 Å². The summed E-state index contributed by atoms with van der Waals surface area (Å²) in [6.45, 7) is 6.26. The predicted molar refractivity (Wildman–Crippen MR) is 146 cm³/mol. The van der Waals surface area contributed by atoms with E-state index in [1.54, 1.807) is 19.1 Å². The molecule has 2 fully saturated rings. The molecule has 0 unspecified atom stereocenters. The Kier molecular flexibility index (Phi) is 10.6. The summed E-state index contributed by atoms with van der Waals surface area (Å²) in [5.74, 6) is 1.52. The molecular weight excluding hydrogens is 494 g/mol. The van der Waals surface area contributed by atoms with Gasteiger partial charge in [0.25, 0.3) is 0 Å². The Labute approximate surface area is 224 Å². The van der Waals surface area contributed by atoms with Crippen LogP contribution in [0.2, 0.25) is 5.02 Å². The Bertz CT molecular complexity index is 1030. The third kappa shape index (κ3) is 7.82. The molecule has 2 aliphatic rings. The number of nitro benzene ring substituents is 1. The SMILES string of the molecule is C.CCOc1cc(OC2CCN(C(=O)CCN3CCC(c4ccc(Cl)cc4)CC3)CC2)ccc1[N+](=O)[O-]. The van der Waals surface area contributed by atoms with Crippen LogP contribution < -0.4 is 9.47 Å². The van der Waals surface area contributed by atoms with Gasteiger partial charge in [0.15, 0.2) is 0 Å². The molecule has 0 saturated carbocycles. The molecule has 0 spiro atoms. The number of nitro groups is 1. The molecule has 2 aliphatic heterocycles. The van der Waals surface area contributed by atoms with E-state index in [0.29, 0.717) is 37.8 Å². The highest BCUT2D eigenvalue weighted by atomic mass is 35.5. The third-order valence-corrected chi connectivity index (χ3v) is 7.35. The monoisotopic (exact) mass is 531 g/mol. The zero-order chi connectivity index (χ0) is 25.5. The molecule has 9 heteroatoms. The topological polar surface area (TPSA) is 85.2 Å². The largest absolute Gasteiger partial charge is 0.490 e. The van der Waals surface area contributed by atoms with Crippen LogP contribution in [0.3, 0.4) is 0 Å². The van der Waals surface area contributed by atoms with Gasteiger partial charge in [-0.15, -0.1) is 0 Å². The number of carbonyl (C=O) groups is 1. The lowest BCUT2D eigenvalue weighted by atomic mass is 9.89. The number of carbonyl (C=O) groups excluding carboxylic acids is 1. The van der Waals surface area contributed by atoms with Crippen LogP contribution in [0.15, 0.2) is 42.5 Å². The molecule has 4 rings (SSSR count). The molecule has 8 nitrogen and oxygen atoms in total. The van der Waals surface area contributed by atoms with Gasteiger partial charge in [-0.2, -0.15) is 0 Å². The fourth-order valence-corrected chi connectivity index (χ4v) is 5.17. The van der Waals surface area contributed by atoms with Gasteiger partial charge in [0.2, 0.25) is 11.7 Å². The van der Waals surface area contributed by atoms with E-state index in [0.717, 1.165) is 50.3 Å². The van der Waals surface area contributed by atoms with Crippen molar-refractivity contribution in [3.8, 4) is 11.5 Å². The van der Waals surface area contributed by atoms with E-state index < -0.39 is 4.92 Å². The quantitative estimate of drug-likeness (QED) is 0.295. The molecule has 0 aliphatic carbocycles. The van der Waals surface area contributed by atoms with Gasteiger partial charge in [0.1, 0.15) is 11.9 Å². The van der Waals surface area contributed by atoms with E-state index in [2.05, 4.69) is 17.0 Å². The fourth-order valence-electron chi connectivity index (χ4n) is 5.04. The highest BCUT2D eigenvalue weighted by Gasteiger charge is 2.26. The molecule has 0 atom stereocenters. The van der Waals surface area contributed by atoms with Gasteiger partial charge in [-0.1, -0.05) is 31.2 Å². The Morgan fingerprint density at radius 2 is 1.73 bits per heavy atom. The number of amides is 1. The summed E-state index contributed by atoms with van der Waals surface area (Å²) in [5.41, 5.74) is 1.28. The van der Waals surface area contributed by atoms with Crippen molar-refractivity contribution in [2.45, 2.75) is 58.5 Å². The highest BCUT2D eigenvalue weighted by Crippen LogP contribution is 2.33. The smallest absolute Gasteiger partial charge is 0.311 e. The average Bonchev–Trinajstić information content (AvgIpc) is 2.89. The first-order chi connectivity index (χ1) is 17.4. The Hall–Kier alpha value is -2.84. The zero-order valence-corrected chi connectivity index (χ0v) is 21.5. The first-order valence-corrected chi connectivity index (χ1v) is 13.1. The molecule has 2 saturated heterocycles. The molecule has 0 bridgehead atoms. The minimum Gasteiger partial charge on any atom is -0.490 e. The van der Waals surface area contributed by atoms with E-state index in [1.807, 2.05) is 17.0 Å². The molecule has 202 valence electrons. The van der Waals surface area contributed by atoms with Crippen molar-refractivity contribution in [1.82, 2.24) is 9.80 Å². The molecule has 2 heterocycles. The van der Waals surface area contributed by atoms with Crippen molar-refractivity contribution in [2.24, 2.45) is 0 Å². The number of piperidine rings is 2. The van der Waals surface area contributed by atoms with Crippen LogP contribution in [0.5, 0.6) is 11.5 Å². The van der Waals surface area contributed by atoms with Gasteiger partial charge >= 0.3 is 5.69 Å². The molecule has 2 aromatic carbocycles. The average molecular weight is 532 g/mol. The summed E-state index contributed by atoms with van der Waals surface area (Å²) < 4.78 is 11.5.